The van der Waals surface area contributed by atoms with Gasteiger partial charge in [-0.3, -0.25) is 0 Å². The van der Waals surface area contributed by atoms with E-state index in [9.17, 15) is 4.79 Å². The topological polar surface area (TPSA) is 63.1 Å². The summed E-state index contributed by atoms with van der Waals surface area (Å²) >= 11 is 0. The van der Waals surface area contributed by atoms with Crippen LogP contribution in [0, 0.1) is 0 Å². The summed E-state index contributed by atoms with van der Waals surface area (Å²) in [6.07, 6.45) is 9.73. The summed E-state index contributed by atoms with van der Waals surface area (Å²) in [6, 6.07) is 7.48. The molecule has 0 spiro atoms. The van der Waals surface area contributed by atoms with E-state index in [1.54, 1.807) is 6.08 Å². The summed E-state index contributed by atoms with van der Waals surface area (Å²) in [6.45, 7) is 2.16. The number of aliphatic carboxylic acids is 1. The highest BCUT2D eigenvalue weighted by Gasteiger charge is 2.01. The molecular weight excluding hydrogens is 264 g/mol. The quantitative estimate of drug-likeness (QED) is 0.822. The Bertz CT molecular complexity index is 616. The maximum Gasteiger partial charge on any atom is 0.328 e. The number of hydrogen-bond donors (Lipinski definition) is 1. The summed E-state index contributed by atoms with van der Waals surface area (Å²) in [5.41, 5.74) is 2.91. The Morgan fingerprint density at radius 2 is 1.86 bits per heavy atom. The number of carboxylic acids is 1. The van der Waals surface area contributed by atoms with E-state index in [1.807, 2.05) is 36.7 Å². The van der Waals surface area contributed by atoms with Crippen molar-refractivity contribution in [1.82, 2.24) is 9.97 Å². The van der Waals surface area contributed by atoms with Gasteiger partial charge in [-0.25, -0.2) is 14.8 Å². The van der Waals surface area contributed by atoms with Gasteiger partial charge in [-0.15, -0.1) is 0 Å². The second kappa shape index (κ2) is 7.33. The molecule has 0 atom stereocenters. The fourth-order valence-corrected chi connectivity index (χ4v) is 1.92. The number of rotatable bonds is 6. The lowest BCUT2D eigenvalue weighted by Crippen LogP contribution is -1.93. The van der Waals surface area contributed by atoms with E-state index in [-0.39, 0.29) is 0 Å². The van der Waals surface area contributed by atoms with Gasteiger partial charge in [-0.1, -0.05) is 37.6 Å². The first kappa shape index (κ1) is 14.9. The minimum Gasteiger partial charge on any atom is -0.478 e. The van der Waals surface area contributed by atoms with Gasteiger partial charge < -0.3 is 5.11 Å². The van der Waals surface area contributed by atoms with Crippen LogP contribution in [0.2, 0.25) is 0 Å². The summed E-state index contributed by atoms with van der Waals surface area (Å²) in [5.74, 6) is -0.269. The molecular formula is C17H18N2O2. The average molecular weight is 282 g/mol. The van der Waals surface area contributed by atoms with Crippen molar-refractivity contribution in [1.29, 1.82) is 0 Å². The molecule has 0 aliphatic rings. The van der Waals surface area contributed by atoms with E-state index in [0.717, 1.165) is 42.0 Å². The van der Waals surface area contributed by atoms with Crippen molar-refractivity contribution in [3.63, 3.8) is 0 Å². The summed E-state index contributed by atoms with van der Waals surface area (Å²) in [5, 5.41) is 8.59. The zero-order valence-electron chi connectivity index (χ0n) is 12.0. The fourth-order valence-electron chi connectivity index (χ4n) is 1.92. The van der Waals surface area contributed by atoms with Gasteiger partial charge in [0.05, 0.1) is 0 Å². The molecule has 0 fully saturated rings. The lowest BCUT2D eigenvalue weighted by Gasteiger charge is -2.03. The molecule has 1 N–H and O–H groups in total. The normalized spacial score (nSPS) is 10.9. The van der Waals surface area contributed by atoms with Gasteiger partial charge >= 0.3 is 5.97 Å². The van der Waals surface area contributed by atoms with E-state index in [1.165, 1.54) is 0 Å². The molecule has 0 saturated heterocycles. The highest BCUT2D eigenvalue weighted by atomic mass is 16.4. The van der Waals surface area contributed by atoms with E-state index < -0.39 is 5.97 Å². The molecule has 0 aliphatic carbocycles. The molecule has 1 aromatic carbocycles. The largest absolute Gasteiger partial charge is 0.478 e. The third-order valence-electron chi connectivity index (χ3n) is 3.11. The first-order valence-electron chi connectivity index (χ1n) is 7.01. The fraction of sp³-hybridized carbons (Fsp3) is 0.235. The van der Waals surface area contributed by atoms with Crippen LogP contribution >= 0.6 is 0 Å². The minimum atomic E-state index is -0.954. The predicted molar refractivity (Wildman–Crippen MR) is 82.7 cm³/mol. The first-order valence-corrected chi connectivity index (χ1v) is 7.01. The van der Waals surface area contributed by atoms with Crippen molar-refractivity contribution in [3.8, 4) is 11.4 Å². The number of carboxylic acid groups (broad SMARTS) is 1. The number of hydrogen-bond acceptors (Lipinski definition) is 3. The summed E-state index contributed by atoms with van der Waals surface area (Å²) in [7, 11) is 0. The van der Waals surface area contributed by atoms with Crippen LogP contribution in [0.1, 0.15) is 30.9 Å². The van der Waals surface area contributed by atoms with Gasteiger partial charge in [0.2, 0.25) is 0 Å². The molecule has 21 heavy (non-hydrogen) atoms. The molecule has 0 saturated carbocycles. The summed E-state index contributed by atoms with van der Waals surface area (Å²) < 4.78 is 0. The monoisotopic (exact) mass is 282 g/mol. The number of unbranched alkanes of at least 4 members (excludes halogenated alkanes) is 1. The number of aryl methyl sites for hydroxylation is 1. The molecule has 108 valence electrons. The molecule has 4 heteroatoms. The Morgan fingerprint density at radius 1 is 1.19 bits per heavy atom. The van der Waals surface area contributed by atoms with Gasteiger partial charge in [0.1, 0.15) is 0 Å². The Kier molecular flexibility index (Phi) is 5.21. The number of benzene rings is 1. The third kappa shape index (κ3) is 4.53. The standard InChI is InChI=1S/C17H18N2O2/c1-2-3-4-14-11-18-17(19-12-14)15-8-5-13(6-9-15)7-10-16(20)21/h5-12H,2-4H2,1H3,(H,20,21). The molecule has 4 nitrogen and oxygen atoms in total. The molecule has 0 aliphatic heterocycles. The predicted octanol–water partition coefficient (Wildman–Crippen LogP) is 3.58. The molecule has 2 rings (SSSR count). The second-order valence-electron chi connectivity index (χ2n) is 4.81. The van der Waals surface area contributed by atoms with Crippen LogP contribution in [0.5, 0.6) is 0 Å². The van der Waals surface area contributed by atoms with E-state index in [0.29, 0.717) is 5.82 Å². The first-order chi connectivity index (χ1) is 10.2. The molecule has 1 heterocycles. The van der Waals surface area contributed by atoms with Crippen molar-refractivity contribution >= 4 is 12.0 Å². The van der Waals surface area contributed by atoms with E-state index in [2.05, 4.69) is 16.9 Å². The Morgan fingerprint density at radius 3 is 2.43 bits per heavy atom. The zero-order chi connectivity index (χ0) is 15.1. The molecule has 0 unspecified atom stereocenters. The van der Waals surface area contributed by atoms with Gasteiger partial charge in [-0.05, 0) is 30.0 Å². The molecule has 0 bridgehead atoms. The Labute approximate surface area is 124 Å². The van der Waals surface area contributed by atoms with Crippen molar-refractivity contribution in [2.75, 3.05) is 0 Å². The highest BCUT2D eigenvalue weighted by Crippen LogP contribution is 2.16. The van der Waals surface area contributed by atoms with Crippen LogP contribution in [0.3, 0.4) is 0 Å². The van der Waals surface area contributed by atoms with Crippen LogP contribution in [0.4, 0.5) is 0 Å². The number of aromatic nitrogens is 2. The van der Waals surface area contributed by atoms with Gasteiger partial charge in [0, 0.05) is 24.0 Å². The molecule has 0 radical (unpaired) electrons. The molecule has 0 amide bonds. The smallest absolute Gasteiger partial charge is 0.328 e. The van der Waals surface area contributed by atoms with Crippen LogP contribution in [-0.2, 0) is 11.2 Å². The summed E-state index contributed by atoms with van der Waals surface area (Å²) in [4.78, 5) is 19.2. The highest BCUT2D eigenvalue weighted by molar-refractivity contribution is 5.85. The van der Waals surface area contributed by atoms with E-state index in [4.69, 9.17) is 5.11 Å². The molecule has 2 aromatic rings. The van der Waals surface area contributed by atoms with Crippen molar-refractivity contribution in [2.24, 2.45) is 0 Å². The van der Waals surface area contributed by atoms with Gasteiger partial charge in [0.25, 0.3) is 0 Å². The maximum atomic E-state index is 10.5. The van der Waals surface area contributed by atoms with Crippen LogP contribution in [0.15, 0.2) is 42.7 Å². The van der Waals surface area contributed by atoms with Gasteiger partial charge in [0.15, 0.2) is 5.82 Å². The van der Waals surface area contributed by atoms with Gasteiger partial charge in [-0.2, -0.15) is 0 Å². The van der Waals surface area contributed by atoms with Crippen molar-refractivity contribution < 1.29 is 9.90 Å². The molecule has 1 aromatic heterocycles. The Balaban J connectivity index is 2.09. The van der Waals surface area contributed by atoms with Crippen LogP contribution < -0.4 is 0 Å². The van der Waals surface area contributed by atoms with Crippen molar-refractivity contribution in [3.05, 3.63) is 53.9 Å². The average Bonchev–Trinajstić information content (AvgIpc) is 2.52. The SMILES string of the molecule is CCCCc1cnc(-c2ccc(C=CC(=O)O)cc2)nc1. The lowest BCUT2D eigenvalue weighted by atomic mass is 10.1. The maximum absolute atomic E-state index is 10.5. The van der Waals surface area contributed by atoms with E-state index >= 15 is 0 Å². The third-order valence-corrected chi connectivity index (χ3v) is 3.11. The number of carbonyl (C=O) groups is 1. The second-order valence-corrected chi connectivity index (χ2v) is 4.81. The van der Waals surface area contributed by atoms with Crippen LogP contribution in [0.25, 0.3) is 17.5 Å². The van der Waals surface area contributed by atoms with Crippen molar-refractivity contribution in [2.45, 2.75) is 26.2 Å². The van der Waals surface area contributed by atoms with Crippen LogP contribution in [-0.4, -0.2) is 21.0 Å². The number of nitrogens with zero attached hydrogens (tertiary/aromatic N) is 2. The zero-order valence-corrected chi connectivity index (χ0v) is 12.0. The lowest BCUT2D eigenvalue weighted by molar-refractivity contribution is -0.131. The minimum absolute atomic E-state index is 0.684. The Hall–Kier alpha value is -2.49.